The highest BCUT2D eigenvalue weighted by atomic mass is 79.9. The SMILES string of the molecule is Brc1ccc2c(c1)c1ccccc1n2-c1ccc(C(c2ccccc2)(c2ccccc2)c2ccccc2)cc1. The lowest BCUT2D eigenvalue weighted by atomic mass is 9.65. The Hall–Kier alpha value is -4.40. The minimum atomic E-state index is -0.450. The van der Waals surface area contributed by atoms with E-state index in [4.69, 9.17) is 0 Å². The fourth-order valence-electron chi connectivity index (χ4n) is 6.15. The third-order valence-electron chi connectivity index (χ3n) is 7.81. The molecule has 7 rings (SSSR count). The molecule has 0 aliphatic carbocycles. The number of fused-ring (bicyclic) bond motifs is 3. The molecule has 39 heavy (non-hydrogen) atoms. The van der Waals surface area contributed by atoms with Crippen LogP contribution in [0.3, 0.4) is 0 Å². The van der Waals surface area contributed by atoms with Gasteiger partial charge in [0.15, 0.2) is 0 Å². The molecule has 0 bridgehead atoms. The van der Waals surface area contributed by atoms with E-state index in [1.807, 2.05) is 0 Å². The molecule has 0 unspecified atom stereocenters. The zero-order valence-electron chi connectivity index (χ0n) is 21.3. The lowest BCUT2D eigenvalue weighted by Gasteiger charge is -2.37. The maximum Gasteiger partial charge on any atom is 0.0701 e. The van der Waals surface area contributed by atoms with Crippen LogP contribution >= 0.6 is 15.9 Å². The average molecular weight is 565 g/mol. The Balaban J connectivity index is 1.49. The Morgan fingerprint density at radius 1 is 0.410 bits per heavy atom. The molecule has 0 radical (unpaired) electrons. The molecule has 0 aliphatic rings. The van der Waals surface area contributed by atoms with E-state index in [1.54, 1.807) is 0 Å². The van der Waals surface area contributed by atoms with Gasteiger partial charge in [-0.05, 0) is 58.7 Å². The van der Waals surface area contributed by atoms with Crippen LogP contribution in [0.1, 0.15) is 22.3 Å². The van der Waals surface area contributed by atoms with E-state index in [2.05, 4.69) is 178 Å². The van der Waals surface area contributed by atoms with Crippen molar-refractivity contribution < 1.29 is 0 Å². The average Bonchev–Trinajstić information content (AvgIpc) is 3.33. The summed E-state index contributed by atoms with van der Waals surface area (Å²) in [6, 6.07) is 56.9. The van der Waals surface area contributed by atoms with Gasteiger partial charge in [0.05, 0.1) is 16.4 Å². The minimum absolute atomic E-state index is 0.450. The topological polar surface area (TPSA) is 4.93 Å². The molecule has 0 aliphatic heterocycles. The largest absolute Gasteiger partial charge is 0.309 e. The summed E-state index contributed by atoms with van der Waals surface area (Å²) in [5.74, 6) is 0. The van der Waals surface area contributed by atoms with Crippen LogP contribution < -0.4 is 0 Å². The highest BCUT2D eigenvalue weighted by Gasteiger charge is 2.38. The Labute approximate surface area is 237 Å². The molecule has 0 spiro atoms. The van der Waals surface area contributed by atoms with Gasteiger partial charge in [0.2, 0.25) is 0 Å². The van der Waals surface area contributed by atoms with Crippen molar-refractivity contribution in [1.82, 2.24) is 4.57 Å². The molecule has 0 saturated carbocycles. The zero-order valence-corrected chi connectivity index (χ0v) is 22.9. The van der Waals surface area contributed by atoms with Crippen LogP contribution in [0.2, 0.25) is 0 Å². The fourth-order valence-corrected chi connectivity index (χ4v) is 6.51. The molecule has 7 aromatic rings. The number of aromatic nitrogens is 1. The summed E-state index contributed by atoms with van der Waals surface area (Å²) in [6.07, 6.45) is 0. The molecule has 1 aromatic heterocycles. The Bertz CT molecular complexity index is 1790. The molecule has 2 heteroatoms. The van der Waals surface area contributed by atoms with Crippen molar-refractivity contribution in [2.45, 2.75) is 5.41 Å². The van der Waals surface area contributed by atoms with Crippen molar-refractivity contribution in [2.75, 3.05) is 0 Å². The molecule has 0 atom stereocenters. The van der Waals surface area contributed by atoms with Crippen LogP contribution in [0.5, 0.6) is 0 Å². The summed E-state index contributed by atoms with van der Waals surface area (Å²) < 4.78 is 3.46. The molecular weight excluding hydrogens is 538 g/mol. The Kier molecular flexibility index (Phi) is 5.91. The lowest BCUT2D eigenvalue weighted by Crippen LogP contribution is -2.30. The predicted molar refractivity (Wildman–Crippen MR) is 167 cm³/mol. The summed E-state index contributed by atoms with van der Waals surface area (Å²) in [5, 5.41) is 2.50. The number of hydrogen-bond acceptors (Lipinski definition) is 0. The van der Waals surface area contributed by atoms with E-state index >= 15 is 0 Å². The van der Waals surface area contributed by atoms with Gasteiger partial charge in [0.1, 0.15) is 0 Å². The van der Waals surface area contributed by atoms with Crippen molar-refractivity contribution in [1.29, 1.82) is 0 Å². The number of halogens is 1. The van der Waals surface area contributed by atoms with Gasteiger partial charge in [-0.1, -0.05) is 137 Å². The predicted octanol–water partition coefficient (Wildman–Crippen LogP) is 9.93. The van der Waals surface area contributed by atoms with Crippen LogP contribution in [0.25, 0.3) is 27.5 Å². The first-order valence-electron chi connectivity index (χ1n) is 13.2. The van der Waals surface area contributed by atoms with Gasteiger partial charge >= 0.3 is 0 Å². The zero-order chi connectivity index (χ0) is 26.2. The molecule has 186 valence electrons. The van der Waals surface area contributed by atoms with Crippen LogP contribution in [-0.4, -0.2) is 4.57 Å². The summed E-state index contributed by atoms with van der Waals surface area (Å²) in [4.78, 5) is 0. The normalized spacial score (nSPS) is 11.7. The third kappa shape index (κ3) is 3.83. The maximum atomic E-state index is 3.67. The second kappa shape index (κ2) is 9.72. The van der Waals surface area contributed by atoms with E-state index in [-0.39, 0.29) is 0 Å². The monoisotopic (exact) mass is 563 g/mol. The number of para-hydroxylation sites is 1. The van der Waals surface area contributed by atoms with E-state index in [0.717, 1.165) is 10.2 Å². The lowest BCUT2D eigenvalue weighted by molar-refractivity contribution is 0.745. The fraction of sp³-hybridized carbons (Fsp3) is 0.0270. The molecule has 0 fully saturated rings. The molecule has 0 amide bonds. The number of nitrogens with zero attached hydrogens (tertiary/aromatic N) is 1. The number of benzene rings is 6. The molecular formula is C37H26BrN. The van der Waals surface area contributed by atoms with Gasteiger partial charge in [-0.15, -0.1) is 0 Å². The molecule has 0 N–H and O–H groups in total. The van der Waals surface area contributed by atoms with Crippen LogP contribution in [-0.2, 0) is 5.41 Å². The maximum absolute atomic E-state index is 3.67. The first-order valence-corrected chi connectivity index (χ1v) is 14.0. The summed E-state index contributed by atoms with van der Waals surface area (Å²) in [7, 11) is 0. The highest BCUT2D eigenvalue weighted by Crippen LogP contribution is 2.45. The van der Waals surface area contributed by atoms with Gasteiger partial charge in [-0.3, -0.25) is 0 Å². The van der Waals surface area contributed by atoms with E-state index < -0.39 is 5.41 Å². The molecule has 1 nitrogen and oxygen atoms in total. The van der Waals surface area contributed by atoms with Gasteiger partial charge in [0, 0.05) is 20.9 Å². The Morgan fingerprint density at radius 2 is 0.872 bits per heavy atom. The number of rotatable bonds is 5. The van der Waals surface area contributed by atoms with Gasteiger partial charge in [-0.2, -0.15) is 0 Å². The second-order valence-electron chi connectivity index (χ2n) is 9.91. The Morgan fingerprint density at radius 3 is 1.44 bits per heavy atom. The van der Waals surface area contributed by atoms with Crippen LogP contribution in [0, 0.1) is 0 Å². The van der Waals surface area contributed by atoms with Crippen molar-refractivity contribution >= 4 is 37.7 Å². The van der Waals surface area contributed by atoms with E-state index in [0.29, 0.717) is 0 Å². The summed E-state index contributed by atoms with van der Waals surface area (Å²) in [5.41, 5.74) is 8.08. The highest BCUT2D eigenvalue weighted by molar-refractivity contribution is 9.10. The van der Waals surface area contributed by atoms with Crippen molar-refractivity contribution in [3.05, 3.63) is 184 Å². The standard InChI is InChI=1S/C37H26BrN/c38-31-22-25-36-34(26-31)33-18-10-11-19-35(33)39(36)32-23-20-30(21-24-32)37(27-12-4-1-5-13-27,28-14-6-2-7-15-28)29-16-8-3-9-17-29/h1-26H. The number of hydrogen-bond donors (Lipinski definition) is 0. The van der Waals surface area contributed by atoms with Crippen molar-refractivity contribution in [3.63, 3.8) is 0 Å². The third-order valence-corrected chi connectivity index (χ3v) is 8.31. The molecule has 6 aromatic carbocycles. The van der Waals surface area contributed by atoms with Gasteiger partial charge < -0.3 is 4.57 Å². The van der Waals surface area contributed by atoms with Gasteiger partial charge in [0.25, 0.3) is 0 Å². The second-order valence-corrected chi connectivity index (χ2v) is 10.8. The van der Waals surface area contributed by atoms with Crippen LogP contribution in [0.4, 0.5) is 0 Å². The first-order chi connectivity index (χ1) is 19.3. The molecule has 0 saturated heterocycles. The van der Waals surface area contributed by atoms with Gasteiger partial charge in [-0.25, -0.2) is 0 Å². The quantitative estimate of drug-likeness (QED) is 0.183. The minimum Gasteiger partial charge on any atom is -0.309 e. The van der Waals surface area contributed by atoms with E-state index in [9.17, 15) is 0 Å². The summed E-state index contributed by atoms with van der Waals surface area (Å²) >= 11 is 3.67. The molecule has 1 heterocycles. The van der Waals surface area contributed by atoms with Crippen molar-refractivity contribution in [2.24, 2.45) is 0 Å². The van der Waals surface area contributed by atoms with E-state index in [1.165, 1.54) is 44.1 Å². The smallest absolute Gasteiger partial charge is 0.0701 e. The first kappa shape index (κ1) is 23.7. The van der Waals surface area contributed by atoms with Crippen molar-refractivity contribution in [3.8, 4) is 5.69 Å². The summed E-state index contributed by atoms with van der Waals surface area (Å²) in [6.45, 7) is 0. The van der Waals surface area contributed by atoms with Crippen LogP contribution in [0.15, 0.2) is 162 Å².